The summed E-state index contributed by atoms with van der Waals surface area (Å²) in [4.78, 5) is 25.1. The van der Waals surface area contributed by atoms with E-state index in [0.29, 0.717) is 16.1 Å². The summed E-state index contributed by atoms with van der Waals surface area (Å²) in [5.74, 6) is -1.50. The molecule has 0 bridgehead atoms. The first-order chi connectivity index (χ1) is 11.3. The predicted octanol–water partition coefficient (Wildman–Crippen LogP) is 3.61. The van der Waals surface area contributed by atoms with Crippen LogP contribution in [0, 0.1) is 25.2 Å². The molecule has 2 aromatic rings. The Morgan fingerprint density at radius 3 is 2.46 bits per heavy atom. The van der Waals surface area contributed by atoms with Crippen molar-refractivity contribution >= 4 is 28.2 Å². The van der Waals surface area contributed by atoms with E-state index in [1.807, 2.05) is 13.8 Å². The number of hydrogen-bond donors (Lipinski definition) is 2. The molecule has 1 atom stereocenters. The zero-order valence-electron chi connectivity index (χ0n) is 13.7. The van der Waals surface area contributed by atoms with E-state index in [1.165, 1.54) is 18.3 Å². The third-order valence-electron chi connectivity index (χ3n) is 4.15. The van der Waals surface area contributed by atoms with E-state index in [0.717, 1.165) is 10.4 Å². The number of thiophene rings is 1. The van der Waals surface area contributed by atoms with Crippen molar-refractivity contribution in [2.75, 3.05) is 5.32 Å². The number of amides is 1. The van der Waals surface area contributed by atoms with Crippen LogP contribution in [0.2, 0.25) is 0 Å². The lowest BCUT2D eigenvalue weighted by molar-refractivity contribution is -0.145. The molecule has 1 amide bonds. The van der Waals surface area contributed by atoms with Crippen LogP contribution in [0.3, 0.4) is 0 Å². The van der Waals surface area contributed by atoms with Gasteiger partial charge in [-0.15, -0.1) is 11.3 Å². The summed E-state index contributed by atoms with van der Waals surface area (Å²) in [5, 5.41) is 22.0. The number of carbonyl (C=O) groups excluding carboxylic acids is 1. The number of carboxylic acid groups (broad SMARTS) is 1. The van der Waals surface area contributed by atoms with Crippen molar-refractivity contribution in [1.82, 2.24) is 0 Å². The lowest BCUT2D eigenvalue weighted by Crippen LogP contribution is -2.36. The van der Waals surface area contributed by atoms with E-state index in [4.69, 9.17) is 0 Å². The molecule has 0 saturated heterocycles. The van der Waals surface area contributed by atoms with Gasteiger partial charge in [-0.3, -0.25) is 9.59 Å². The number of aliphatic carboxylic acids is 1. The van der Waals surface area contributed by atoms with Gasteiger partial charge in [0.2, 0.25) is 5.91 Å². The van der Waals surface area contributed by atoms with Gasteiger partial charge in [-0.1, -0.05) is 30.3 Å². The normalized spacial score (nSPS) is 12.9. The molecule has 24 heavy (non-hydrogen) atoms. The summed E-state index contributed by atoms with van der Waals surface area (Å²) in [7, 11) is 0. The molecule has 0 aliphatic rings. The lowest BCUT2D eigenvalue weighted by Gasteiger charge is -2.24. The van der Waals surface area contributed by atoms with Gasteiger partial charge in [0.05, 0.1) is 11.0 Å². The number of benzene rings is 1. The van der Waals surface area contributed by atoms with Gasteiger partial charge in [0.15, 0.2) is 0 Å². The maximum atomic E-state index is 12.4. The van der Waals surface area contributed by atoms with Crippen LogP contribution in [0.15, 0.2) is 30.3 Å². The zero-order chi connectivity index (χ0) is 17.9. The molecule has 2 rings (SSSR count). The number of aryl methyl sites for hydroxylation is 1. The van der Waals surface area contributed by atoms with E-state index in [9.17, 15) is 20.0 Å². The first-order valence-electron chi connectivity index (χ1n) is 7.38. The van der Waals surface area contributed by atoms with Crippen LogP contribution in [0.1, 0.15) is 34.9 Å². The highest BCUT2D eigenvalue weighted by Crippen LogP contribution is 2.33. The van der Waals surface area contributed by atoms with Gasteiger partial charge in [0.25, 0.3) is 0 Å². The quantitative estimate of drug-likeness (QED) is 0.868. The molecule has 1 aromatic heterocycles. The number of carbonyl (C=O) groups is 2. The molecule has 6 heteroatoms. The fourth-order valence-corrected chi connectivity index (χ4v) is 3.48. The molecule has 5 nitrogen and oxygen atoms in total. The van der Waals surface area contributed by atoms with Crippen LogP contribution in [-0.4, -0.2) is 17.0 Å². The van der Waals surface area contributed by atoms with E-state index >= 15 is 0 Å². The van der Waals surface area contributed by atoms with Gasteiger partial charge < -0.3 is 10.4 Å². The van der Waals surface area contributed by atoms with E-state index in [1.54, 1.807) is 30.3 Å². The standard InChI is InChI=1S/C18H18N2O3S/c1-11-12(2)24-16(14(11)10-19)20-15(21)9-18(3,17(22)23)13-7-5-4-6-8-13/h4-8H,9H2,1-3H3,(H,20,21)(H,22,23)/t18-/m1/s1. The van der Waals surface area contributed by atoms with E-state index < -0.39 is 17.3 Å². The Morgan fingerprint density at radius 2 is 1.92 bits per heavy atom. The van der Waals surface area contributed by atoms with Gasteiger partial charge in [-0.25, -0.2) is 0 Å². The molecular weight excluding hydrogens is 324 g/mol. The van der Waals surface area contributed by atoms with Crippen molar-refractivity contribution in [1.29, 1.82) is 5.26 Å². The minimum atomic E-state index is -1.33. The van der Waals surface area contributed by atoms with E-state index in [2.05, 4.69) is 11.4 Å². The molecular formula is C18H18N2O3S. The summed E-state index contributed by atoms with van der Waals surface area (Å²) in [6.07, 6.45) is -0.215. The SMILES string of the molecule is Cc1sc(NC(=O)C[C@@](C)(C(=O)O)c2ccccc2)c(C#N)c1C. The molecule has 1 aromatic carbocycles. The summed E-state index contributed by atoms with van der Waals surface area (Å²) < 4.78 is 0. The number of nitrogens with one attached hydrogen (secondary N) is 1. The monoisotopic (exact) mass is 342 g/mol. The number of nitriles is 1. The van der Waals surface area contributed by atoms with Crippen molar-refractivity contribution in [2.24, 2.45) is 0 Å². The van der Waals surface area contributed by atoms with Crippen molar-refractivity contribution in [3.63, 3.8) is 0 Å². The second-order valence-corrected chi connectivity index (χ2v) is 7.05. The van der Waals surface area contributed by atoms with Crippen molar-refractivity contribution in [3.05, 3.63) is 51.9 Å². The molecule has 0 spiro atoms. The molecule has 0 aliphatic carbocycles. The Balaban J connectivity index is 2.26. The third kappa shape index (κ3) is 3.31. The summed E-state index contributed by atoms with van der Waals surface area (Å²) in [6, 6.07) is 10.8. The molecule has 0 saturated carbocycles. The summed E-state index contributed by atoms with van der Waals surface area (Å²) in [5.41, 5.74) is 0.496. The third-order valence-corrected chi connectivity index (χ3v) is 5.27. The minimum Gasteiger partial charge on any atom is -0.481 e. The highest BCUT2D eigenvalue weighted by Gasteiger charge is 2.37. The summed E-state index contributed by atoms with van der Waals surface area (Å²) in [6.45, 7) is 5.23. The van der Waals surface area contributed by atoms with Crippen LogP contribution in [0.5, 0.6) is 0 Å². The van der Waals surface area contributed by atoms with Crippen LogP contribution in [0.4, 0.5) is 5.00 Å². The van der Waals surface area contributed by atoms with Crippen LogP contribution < -0.4 is 5.32 Å². The zero-order valence-corrected chi connectivity index (χ0v) is 14.5. The first-order valence-corrected chi connectivity index (χ1v) is 8.20. The fourth-order valence-electron chi connectivity index (χ4n) is 2.45. The highest BCUT2D eigenvalue weighted by atomic mass is 32.1. The molecule has 2 N–H and O–H groups in total. The van der Waals surface area contributed by atoms with Crippen molar-refractivity contribution in [3.8, 4) is 6.07 Å². The molecule has 124 valence electrons. The van der Waals surface area contributed by atoms with Gasteiger partial charge in [-0.2, -0.15) is 5.26 Å². The highest BCUT2D eigenvalue weighted by molar-refractivity contribution is 7.16. The van der Waals surface area contributed by atoms with Gasteiger partial charge in [0.1, 0.15) is 11.1 Å². The predicted molar refractivity (Wildman–Crippen MR) is 93.2 cm³/mol. The Hall–Kier alpha value is -2.65. The molecule has 0 aliphatic heterocycles. The maximum Gasteiger partial charge on any atom is 0.314 e. The number of anilines is 1. The molecule has 0 unspecified atom stereocenters. The molecule has 1 heterocycles. The van der Waals surface area contributed by atoms with E-state index in [-0.39, 0.29) is 6.42 Å². The lowest BCUT2D eigenvalue weighted by atomic mass is 9.79. The van der Waals surface area contributed by atoms with Crippen LogP contribution >= 0.6 is 11.3 Å². The second-order valence-electron chi connectivity index (χ2n) is 5.83. The second kappa shape index (κ2) is 6.85. The largest absolute Gasteiger partial charge is 0.481 e. The number of rotatable bonds is 5. The average molecular weight is 342 g/mol. The molecule has 0 fully saturated rings. The van der Waals surface area contributed by atoms with Crippen LogP contribution in [-0.2, 0) is 15.0 Å². The Morgan fingerprint density at radius 1 is 1.29 bits per heavy atom. The first kappa shape index (κ1) is 17.7. The average Bonchev–Trinajstić information content (AvgIpc) is 2.81. The Labute approximate surface area is 144 Å². The fraction of sp³-hybridized carbons (Fsp3) is 0.278. The summed E-state index contributed by atoms with van der Waals surface area (Å²) >= 11 is 1.32. The maximum absolute atomic E-state index is 12.4. The number of hydrogen-bond acceptors (Lipinski definition) is 4. The Bertz CT molecular complexity index is 821. The molecule has 0 radical (unpaired) electrons. The van der Waals surface area contributed by atoms with Crippen LogP contribution in [0.25, 0.3) is 0 Å². The topological polar surface area (TPSA) is 90.2 Å². The van der Waals surface area contributed by atoms with Crippen molar-refractivity contribution < 1.29 is 14.7 Å². The number of nitrogens with zero attached hydrogens (tertiary/aromatic N) is 1. The van der Waals surface area contributed by atoms with Gasteiger partial charge in [-0.05, 0) is 31.9 Å². The smallest absolute Gasteiger partial charge is 0.314 e. The number of carboxylic acids is 1. The van der Waals surface area contributed by atoms with Crippen molar-refractivity contribution in [2.45, 2.75) is 32.6 Å². The van der Waals surface area contributed by atoms with Gasteiger partial charge >= 0.3 is 5.97 Å². The Kier molecular flexibility index (Phi) is 5.05. The van der Waals surface area contributed by atoms with Gasteiger partial charge in [0, 0.05) is 11.3 Å². The minimum absolute atomic E-state index is 0.215.